The summed E-state index contributed by atoms with van der Waals surface area (Å²) in [6, 6.07) is 8.10. The Labute approximate surface area is 219 Å². The molecule has 5 heterocycles. The van der Waals surface area contributed by atoms with E-state index in [0.29, 0.717) is 46.6 Å². The number of nitrogens with zero attached hydrogens (tertiary/aromatic N) is 7. The Morgan fingerprint density at radius 3 is 2.78 bits per heavy atom. The number of likely N-dealkylation sites (tertiary alicyclic amines) is 1. The first kappa shape index (κ1) is 24.1. The average Bonchev–Trinajstić information content (AvgIpc) is 3.48. The first-order chi connectivity index (χ1) is 17.9. The number of fused-ring (bicyclic) bond motifs is 5. The fraction of sp³-hybridized carbons (Fsp3) is 0.462. The predicted octanol–water partition coefficient (Wildman–Crippen LogP) is 2.77. The second kappa shape index (κ2) is 9.55. The SMILES string of the molecule is CN1CCCN(c2ncc3c(=O)c(NC(=O)N4CCC(N(C)C)C4)c4sc5ccccc5n4c3n2)CC1. The van der Waals surface area contributed by atoms with Crippen LogP contribution in [-0.2, 0) is 0 Å². The smallest absolute Gasteiger partial charge is 0.322 e. The lowest BCUT2D eigenvalue weighted by molar-refractivity contribution is 0.216. The molecule has 3 aromatic heterocycles. The van der Waals surface area contributed by atoms with Crippen molar-refractivity contribution in [2.24, 2.45) is 0 Å². The molecule has 194 valence electrons. The van der Waals surface area contributed by atoms with Gasteiger partial charge in [-0.05, 0) is 52.7 Å². The van der Waals surface area contributed by atoms with Gasteiger partial charge in [0.25, 0.3) is 0 Å². The number of carbonyl (C=O) groups excluding carboxylic acids is 1. The molecule has 2 amide bonds. The van der Waals surface area contributed by atoms with Gasteiger partial charge in [0.1, 0.15) is 10.5 Å². The summed E-state index contributed by atoms with van der Waals surface area (Å²) in [6.07, 6.45) is 3.57. The van der Waals surface area contributed by atoms with Crippen LogP contribution in [0.25, 0.3) is 26.1 Å². The van der Waals surface area contributed by atoms with E-state index in [9.17, 15) is 9.59 Å². The molecule has 0 bridgehead atoms. The number of anilines is 2. The van der Waals surface area contributed by atoms with E-state index in [-0.39, 0.29) is 11.5 Å². The molecule has 0 spiro atoms. The molecule has 6 rings (SSSR count). The number of thiazole rings is 1. The Hall–Kier alpha value is -3.28. The van der Waals surface area contributed by atoms with Gasteiger partial charge in [-0.25, -0.2) is 9.78 Å². The van der Waals surface area contributed by atoms with Gasteiger partial charge in [0.05, 0.1) is 15.6 Å². The fourth-order valence-electron chi connectivity index (χ4n) is 5.33. The summed E-state index contributed by atoms with van der Waals surface area (Å²) in [4.78, 5) is 45.7. The molecule has 2 fully saturated rings. The van der Waals surface area contributed by atoms with E-state index in [4.69, 9.17) is 4.98 Å². The topological polar surface area (TPSA) is 89.3 Å². The second-order valence-corrected chi connectivity index (χ2v) is 11.3. The van der Waals surface area contributed by atoms with Crippen molar-refractivity contribution in [2.45, 2.75) is 18.9 Å². The van der Waals surface area contributed by atoms with Gasteiger partial charge in [0, 0.05) is 45.0 Å². The van der Waals surface area contributed by atoms with Crippen molar-refractivity contribution < 1.29 is 4.79 Å². The summed E-state index contributed by atoms with van der Waals surface area (Å²) >= 11 is 1.49. The number of aromatic nitrogens is 3. The van der Waals surface area contributed by atoms with E-state index < -0.39 is 0 Å². The molecule has 2 aliphatic heterocycles. The maximum atomic E-state index is 13.8. The minimum Gasteiger partial charge on any atom is -0.339 e. The van der Waals surface area contributed by atoms with E-state index in [0.717, 1.165) is 49.2 Å². The fourth-order valence-corrected chi connectivity index (χ4v) is 6.47. The molecule has 1 unspecified atom stereocenters. The minimum atomic E-state index is -0.250. The maximum absolute atomic E-state index is 13.8. The quantitative estimate of drug-likeness (QED) is 0.444. The molecule has 0 radical (unpaired) electrons. The lowest BCUT2D eigenvalue weighted by atomic mass is 10.2. The summed E-state index contributed by atoms with van der Waals surface area (Å²) in [6.45, 7) is 4.99. The van der Waals surface area contributed by atoms with Crippen LogP contribution in [0.3, 0.4) is 0 Å². The summed E-state index contributed by atoms with van der Waals surface area (Å²) in [5, 5.41) is 3.38. The van der Waals surface area contributed by atoms with E-state index >= 15 is 0 Å². The van der Waals surface area contributed by atoms with Gasteiger partial charge >= 0.3 is 6.03 Å². The number of carbonyl (C=O) groups is 1. The monoisotopic (exact) mass is 520 g/mol. The summed E-state index contributed by atoms with van der Waals surface area (Å²) in [7, 11) is 6.19. The zero-order valence-corrected chi connectivity index (χ0v) is 22.3. The normalized spacial score (nSPS) is 19.4. The highest BCUT2D eigenvalue weighted by Gasteiger charge is 2.29. The highest BCUT2D eigenvalue weighted by atomic mass is 32.1. The van der Waals surface area contributed by atoms with Crippen LogP contribution in [0, 0.1) is 0 Å². The molecule has 2 aliphatic rings. The van der Waals surface area contributed by atoms with Crippen LogP contribution in [0.1, 0.15) is 12.8 Å². The Morgan fingerprint density at radius 2 is 1.97 bits per heavy atom. The summed E-state index contributed by atoms with van der Waals surface area (Å²) in [5.74, 6) is 0.634. The molecular weight excluding hydrogens is 488 g/mol. The van der Waals surface area contributed by atoms with Crippen LogP contribution in [-0.4, -0.2) is 102 Å². The van der Waals surface area contributed by atoms with Crippen molar-refractivity contribution in [1.29, 1.82) is 0 Å². The first-order valence-electron chi connectivity index (χ1n) is 12.8. The maximum Gasteiger partial charge on any atom is 0.322 e. The van der Waals surface area contributed by atoms with Crippen LogP contribution < -0.4 is 15.6 Å². The van der Waals surface area contributed by atoms with Gasteiger partial charge in [0.2, 0.25) is 11.4 Å². The minimum absolute atomic E-state index is 0.244. The molecular formula is C26H32N8O2S. The number of pyridine rings is 1. The third kappa shape index (κ3) is 4.30. The molecule has 4 aromatic rings. The third-order valence-corrected chi connectivity index (χ3v) is 8.73. The van der Waals surface area contributed by atoms with Crippen molar-refractivity contribution in [3.63, 3.8) is 0 Å². The summed E-state index contributed by atoms with van der Waals surface area (Å²) in [5.41, 5.74) is 1.57. The highest BCUT2D eigenvalue weighted by Crippen LogP contribution is 2.33. The Morgan fingerprint density at radius 1 is 1.14 bits per heavy atom. The molecule has 1 aromatic carbocycles. The number of benzene rings is 1. The van der Waals surface area contributed by atoms with Gasteiger partial charge in [-0.3, -0.25) is 9.20 Å². The molecule has 11 heteroatoms. The van der Waals surface area contributed by atoms with Crippen molar-refractivity contribution in [2.75, 3.05) is 70.6 Å². The number of hydrogen-bond acceptors (Lipinski definition) is 8. The van der Waals surface area contributed by atoms with E-state index in [1.807, 2.05) is 42.8 Å². The van der Waals surface area contributed by atoms with Gasteiger partial charge < -0.3 is 24.9 Å². The number of nitrogens with one attached hydrogen (secondary N) is 1. The van der Waals surface area contributed by atoms with Crippen molar-refractivity contribution in [3.05, 3.63) is 40.7 Å². The van der Waals surface area contributed by atoms with Crippen LogP contribution >= 0.6 is 11.3 Å². The average molecular weight is 521 g/mol. The molecule has 1 N–H and O–H groups in total. The van der Waals surface area contributed by atoms with E-state index in [1.165, 1.54) is 11.3 Å². The van der Waals surface area contributed by atoms with E-state index in [1.54, 1.807) is 11.1 Å². The highest BCUT2D eigenvalue weighted by molar-refractivity contribution is 7.24. The zero-order chi connectivity index (χ0) is 25.7. The Balaban J connectivity index is 1.47. The molecule has 10 nitrogen and oxygen atoms in total. The number of hydrogen-bond donors (Lipinski definition) is 1. The lowest BCUT2D eigenvalue weighted by Gasteiger charge is -2.21. The van der Waals surface area contributed by atoms with Crippen molar-refractivity contribution in [3.8, 4) is 0 Å². The van der Waals surface area contributed by atoms with Gasteiger partial charge in [0.15, 0.2) is 5.65 Å². The van der Waals surface area contributed by atoms with Crippen LogP contribution in [0.4, 0.5) is 16.4 Å². The number of likely N-dealkylation sites (N-methyl/N-ethyl adjacent to an activating group) is 2. The predicted molar refractivity (Wildman–Crippen MR) is 149 cm³/mol. The lowest BCUT2D eigenvalue weighted by Crippen LogP contribution is -2.37. The van der Waals surface area contributed by atoms with Crippen LogP contribution in [0.2, 0.25) is 0 Å². The Kier molecular flexibility index (Phi) is 6.21. The molecule has 1 atom stereocenters. The number of amides is 2. The Bertz CT molecular complexity index is 1550. The zero-order valence-electron chi connectivity index (χ0n) is 21.5. The largest absolute Gasteiger partial charge is 0.339 e. The molecule has 37 heavy (non-hydrogen) atoms. The number of urea groups is 1. The first-order valence-corrected chi connectivity index (χ1v) is 13.6. The standard InChI is InChI=1S/C26H32N8O2S/c1-30(2)17-9-12-33(16-17)26(36)28-21-22(35)18-15-27-25(32-11-6-10-31(3)13-14-32)29-23(18)34-19-7-4-5-8-20(19)37-24(21)34/h4-5,7-8,15,17H,6,9-14,16H2,1-3H3,(H,28,36). The number of rotatable bonds is 3. The van der Waals surface area contributed by atoms with Crippen molar-refractivity contribution >= 4 is 55.1 Å². The van der Waals surface area contributed by atoms with Gasteiger partial charge in [-0.2, -0.15) is 4.98 Å². The molecule has 2 saturated heterocycles. The van der Waals surface area contributed by atoms with E-state index in [2.05, 4.69) is 32.0 Å². The van der Waals surface area contributed by atoms with Gasteiger partial charge in [-0.1, -0.05) is 12.1 Å². The van der Waals surface area contributed by atoms with Gasteiger partial charge in [-0.15, -0.1) is 11.3 Å². The van der Waals surface area contributed by atoms with Crippen molar-refractivity contribution in [1.82, 2.24) is 29.1 Å². The third-order valence-electron chi connectivity index (χ3n) is 7.58. The summed E-state index contributed by atoms with van der Waals surface area (Å²) < 4.78 is 3.03. The second-order valence-electron chi connectivity index (χ2n) is 10.2. The van der Waals surface area contributed by atoms with Crippen LogP contribution in [0.5, 0.6) is 0 Å². The molecule has 0 saturated carbocycles. The molecule has 0 aliphatic carbocycles. The van der Waals surface area contributed by atoms with Crippen LogP contribution in [0.15, 0.2) is 35.3 Å². The number of para-hydroxylation sites is 1.